The van der Waals surface area contributed by atoms with Crippen molar-refractivity contribution in [3.8, 4) is 0 Å². The minimum absolute atomic E-state index is 0.00365. The summed E-state index contributed by atoms with van der Waals surface area (Å²) < 4.78 is 0. The Hall–Kier alpha value is -2.37. The van der Waals surface area contributed by atoms with Gasteiger partial charge in [0.1, 0.15) is 0 Å². The second-order valence-corrected chi connectivity index (χ2v) is 8.87. The van der Waals surface area contributed by atoms with Crippen molar-refractivity contribution in [2.24, 2.45) is 0 Å². The quantitative estimate of drug-likeness (QED) is 0.189. The van der Waals surface area contributed by atoms with Gasteiger partial charge in [-0.15, -0.1) is 0 Å². The minimum Gasteiger partial charge on any atom is -0.481 e. The molecule has 2 amide bonds. The van der Waals surface area contributed by atoms with E-state index in [4.69, 9.17) is 5.11 Å². The van der Waals surface area contributed by atoms with Crippen molar-refractivity contribution in [2.75, 3.05) is 11.9 Å². The second kappa shape index (κ2) is 19.1. The predicted octanol–water partition coefficient (Wildman–Crippen LogP) is 6.70. The molecule has 6 nitrogen and oxygen atoms in total. The molecule has 0 atom stereocenters. The van der Waals surface area contributed by atoms with Crippen LogP contribution in [0, 0.1) is 0 Å². The van der Waals surface area contributed by atoms with Gasteiger partial charge in [0, 0.05) is 30.6 Å². The predicted molar refractivity (Wildman–Crippen MR) is 135 cm³/mol. The van der Waals surface area contributed by atoms with Crippen LogP contribution in [0.2, 0.25) is 0 Å². The largest absolute Gasteiger partial charge is 0.481 e. The fraction of sp³-hybridized carbons (Fsp3) is 0.667. The molecule has 6 heteroatoms. The summed E-state index contributed by atoms with van der Waals surface area (Å²) in [5, 5.41) is 14.2. The van der Waals surface area contributed by atoms with Crippen LogP contribution in [0.15, 0.2) is 24.3 Å². The summed E-state index contributed by atoms with van der Waals surface area (Å²) >= 11 is 0. The van der Waals surface area contributed by atoms with E-state index in [1.807, 2.05) is 0 Å². The molecule has 0 aliphatic heterocycles. The molecule has 0 heterocycles. The van der Waals surface area contributed by atoms with E-state index in [1.165, 1.54) is 70.6 Å². The highest BCUT2D eigenvalue weighted by Crippen LogP contribution is 2.14. The van der Waals surface area contributed by atoms with Gasteiger partial charge in [-0.2, -0.15) is 0 Å². The minimum atomic E-state index is -0.872. The van der Waals surface area contributed by atoms with Gasteiger partial charge >= 0.3 is 5.97 Å². The van der Waals surface area contributed by atoms with Gasteiger partial charge in [0.2, 0.25) is 5.91 Å². The summed E-state index contributed by atoms with van der Waals surface area (Å²) in [4.78, 5) is 34.6. The van der Waals surface area contributed by atoms with Gasteiger partial charge in [0.15, 0.2) is 0 Å². The Labute approximate surface area is 199 Å². The molecule has 0 unspecified atom stereocenters. The van der Waals surface area contributed by atoms with Gasteiger partial charge in [-0.3, -0.25) is 14.4 Å². The van der Waals surface area contributed by atoms with Crippen molar-refractivity contribution in [2.45, 2.75) is 110 Å². The molecule has 0 aliphatic rings. The lowest BCUT2D eigenvalue weighted by atomic mass is 10.0. The van der Waals surface area contributed by atoms with Crippen molar-refractivity contribution in [1.29, 1.82) is 0 Å². The molecule has 33 heavy (non-hydrogen) atoms. The number of carbonyl (C=O) groups is 3. The van der Waals surface area contributed by atoms with E-state index >= 15 is 0 Å². The number of hydrogen-bond acceptors (Lipinski definition) is 3. The Morgan fingerprint density at radius 1 is 0.697 bits per heavy atom. The Morgan fingerprint density at radius 3 is 1.73 bits per heavy atom. The van der Waals surface area contributed by atoms with Crippen LogP contribution in [0.25, 0.3) is 0 Å². The molecule has 0 radical (unpaired) electrons. The molecule has 3 N–H and O–H groups in total. The van der Waals surface area contributed by atoms with Gasteiger partial charge in [0.05, 0.1) is 0 Å². The van der Waals surface area contributed by atoms with Gasteiger partial charge in [-0.1, -0.05) is 84.0 Å². The zero-order chi connectivity index (χ0) is 24.2. The zero-order valence-electron chi connectivity index (χ0n) is 20.5. The number of anilines is 1. The van der Waals surface area contributed by atoms with Crippen LogP contribution < -0.4 is 10.6 Å². The van der Waals surface area contributed by atoms with E-state index in [0.717, 1.165) is 12.8 Å². The summed E-state index contributed by atoms with van der Waals surface area (Å²) in [5.74, 6) is -1.11. The second-order valence-electron chi connectivity index (χ2n) is 8.87. The van der Waals surface area contributed by atoms with Crippen LogP contribution in [0.4, 0.5) is 5.69 Å². The van der Waals surface area contributed by atoms with E-state index in [0.29, 0.717) is 30.6 Å². The SMILES string of the molecule is CCCCCCCCCCCCCCCC(=O)Nc1ccc(C(=O)NCCCC(=O)O)cc1. The summed E-state index contributed by atoms with van der Waals surface area (Å²) in [6, 6.07) is 6.75. The maximum absolute atomic E-state index is 12.1. The number of hydrogen-bond donors (Lipinski definition) is 3. The third-order valence-corrected chi connectivity index (χ3v) is 5.79. The molecule has 0 saturated carbocycles. The normalized spacial score (nSPS) is 10.7. The smallest absolute Gasteiger partial charge is 0.303 e. The van der Waals surface area contributed by atoms with Gasteiger partial charge in [0.25, 0.3) is 5.91 Å². The first-order valence-electron chi connectivity index (χ1n) is 12.9. The molecule has 1 rings (SSSR count). The fourth-order valence-electron chi connectivity index (χ4n) is 3.78. The molecule has 0 aromatic heterocycles. The molecule has 0 saturated heterocycles. The summed E-state index contributed by atoms with van der Waals surface area (Å²) in [6.45, 7) is 2.58. The Kier molecular flexibility index (Phi) is 16.6. The number of amides is 2. The third kappa shape index (κ3) is 16.0. The van der Waals surface area contributed by atoms with Gasteiger partial charge < -0.3 is 15.7 Å². The van der Waals surface area contributed by atoms with Crippen molar-refractivity contribution < 1.29 is 19.5 Å². The van der Waals surface area contributed by atoms with Crippen LogP contribution in [0.3, 0.4) is 0 Å². The average molecular weight is 461 g/mol. The van der Waals surface area contributed by atoms with Crippen LogP contribution >= 0.6 is 0 Å². The first kappa shape index (κ1) is 28.7. The number of carbonyl (C=O) groups excluding carboxylic acids is 2. The summed E-state index contributed by atoms with van der Waals surface area (Å²) in [6.07, 6.45) is 17.6. The number of carboxylic acids is 1. The Balaban J connectivity index is 2.04. The molecular formula is C27H44N2O4. The lowest BCUT2D eigenvalue weighted by Crippen LogP contribution is -2.24. The van der Waals surface area contributed by atoms with Gasteiger partial charge in [-0.05, 0) is 37.1 Å². The van der Waals surface area contributed by atoms with E-state index in [1.54, 1.807) is 24.3 Å². The van der Waals surface area contributed by atoms with Gasteiger partial charge in [-0.25, -0.2) is 0 Å². The molecule has 0 aliphatic carbocycles. The van der Waals surface area contributed by atoms with E-state index in [2.05, 4.69) is 17.6 Å². The number of carboxylic acid groups (broad SMARTS) is 1. The maximum atomic E-state index is 12.1. The Bertz CT molecular complexity index is 673. The highest BCUT2D eigenvalue weighted by atomic mass is 16.4. The number of nitrogens with one attached hydrogen (secondary N) is 2. The highest BCUT2D eigenvalue weighted by Gasteiger charge is 2.07. The number of rotatable bonds is 20. The van der Waals surface area contributed by atoms with E-state index in [-0.39, 0.29) is 18.2 Å². The van der Waals surface area contributed by atoms with Crippen LogP contribution in [-0.4, -0.2) is 29.4 Å². The van der Waals surface area contributed by atoms with E-state index < -0.39 is 5.97 Å². The molecular weight excluding hydrogens is 416 g/mol. The average Bonchev–Trinajstić information content (AvgIpc) is 2.80. The molecule has 0 fully saturated rings. The molecule has 1 aromatic rings. The first-order valence-corrected chi connectivity index (χ1v) is 12.9. The topological polar surface area (TPSA) is 95.5 Å². The molecule has 1 aromatic carbocycles. The van der Waals surface area contributed by atoms with Crippen molar-refractivity contribution in [1.82, 2.24) is 5.32 Å². The van der Waals surface area contributed by atoms with E-state index in [9.17, 15) is 14.4 Å². The standard InChI is InChI=1S/C27H44N2O4/c1-2-3-4-5-6-7-8-9-10-11-12-13-14-16-25(30)29-24-20-18-23(19-21-24)27(33)28-22-15-17-26(31)32/h18-21H,2-17,22H2,1H3,(H,28,33)(H,29,30)(H,31,32). The fourth-order valence-corrected chi connectivity index (χ4v) is 3.78. The molecule has 186 valence electrons. The van der Waals surface area contributed by atoms with Crippen molar-refractivity contribution in [3.05, 3.63) is 29.8 Å². The highest BCUT2D eigenvalue weighted by molar-refractivity contribution is 5.95. The molecule has 0 spiro atoms. The maximum Gasteiger partial charge on any atom is 0.303 e. The van der Waals surface area contributed by atoms with Crippen LogP contribution in [0.1, 0.15) is 120 Å². The summed E-state index contributed by atoms with van der Waals surface area (Å²) in [5.41, 5.74) is 1.16. The van der Waals surface area contributed by atoms with Crippen LogP contribution in [-0.2, 0) is 9.59 Å². The van der Waals surface area contributed by atoms with Crippen LogP contribution in [0.5, 0.6) is 0 Å². The first-order chi connectivity index (χ1) is 16.0. The Morgan fingerprint density at radius 2 is 1.21 bits per heavy atom. The number of aliphatic carboxylic acids is 1. The third-order valence-electron chi connectivity index (χ3n) is 5.79. The summed E-state index contributed by atoms with van der Waals surface area (Å²) in [7, 11) is 0. The lowest BCUT2D eigenvalue weighted by Gasteiger charge is -2.08. The zero-order valence-corrected chi connectivity index (χ0v) is 20.5. The lowest BCUT2D eigenvalue weighted by molar-refractivity contribution is -0.137. The molecule has 0 bridgehead atoms. The van der Waals surface area contributed by atoms with Crippen molar-refractivity contribution in [3.63, 3.8) is 0 Å². The number of benzene rings is 1. The number of unbranched alkanes of at least 4 members (excludes halogenated alkanes) is 12. The monoisotopic (exact) mass is 460 g/mol. The van der Waals surface area contributed by atoms with Crippen molar-refractivity contribution >= 4 is 23.5 Å².